The molecule has 18 heavy (non-hydrogen) atoms. The van der Waals surface area contributed by atoms with Crippen LogP contribution >= 0.6 is 11.6 Å². The van der Waals surface area contributed by atoms with Crippen molar-refractivity contribution in [3.8, 4) is 6.07 Å². The van der Waals surface area contributed by atoms with Crippen molar-refractivity contribution >= 4 is 27.4 Å². The monoisotopic (exact) mass is 283 g/mol. The summed E-state index contributed by atoms with van der Waals surface area (Å²) in [5.41, 5.74) is 0.206. The van der Waals surface area contributed by atoms with E-state index in [0.29, 0.717) is 0 Å². The van der Waals surface area contributed by atoms with E-state index in [1.165, 1.54) is 30.5 Å². The first-order valence-corrected chi connectivity index (χ1v) is 6.52. The van der Waals surface area contributed by atoms with Gasteiger partial charge in [0, 0.05) is 6.07 Å². The fourth-order valence-corrected chi connectivity index (χ4v) is 2.52. The molecule has 0 fully saturated rings. The summed E-state index contributed by atoms with van der Waals surface area (Å²) < 4.78 is 30.5. The van der Waals surface area contributed by atoms with Crippen molar-refractivity contribution < 1.29 is 12.9 Å². The third kappa shape index (κ3) is 2.45. The van der Waals surface area contributed by atoms with Crippen LogP contribution in [0.25, 0.3) is 0 Å². The summed E-state index contributed by atoms with van der Waals surface area (Å²) in [6.45, 7) is 0. The lowest BCUT2D eigenvalue weighted by molar-refractivity contribution is 0.423. The zero-order valence-electron chi connectivity index (χ0n) is 8.79. The first kappa shape index (κ1) is 12.4. The highest BCUT2D eigenvalue weighted by Gasteiger charge is 2.17. The molecular weight excluding hydrogens is 278 g/mol. The second kappa shape index (κ2) is 4.68. The van der Waals surface area contributed by atoms with Gasteiger partial charge >= 0.3 is 0 Å². The van der Waals surface area contributed by atoms with Crippen LogP contribution in [-0.2, 0) is 10.0 Å². The van der Waals surface area contributed by atoms with Crippen LogP contribution in [-0.4, -0.2) is 13.6 Å². The summed E-state index contributed by atoms with van der Waals surface area (Å²) in [5, 5.41) is 12.2. The maximum absolute atomic E-state index is 11.9. The molecule has 0 aliphatic heterocycles. The summed E-state index contributed by atoms with van der Waals surface area (Å²) >= 11 is 5.77. The molecular formula is C10H6ClN3O3S. The Hall–Kier alpha value is -2.04. The van der Waals surface area contributed by atoms with Crippen LogP contribution in [0.2, 0.25) is 5.02 Å². The van der Waals surface area contributed by atoms with Gasteiger partial charge in [0.2, 0.25) is 0 Å². The minimum atomic E-state index is -3.80. The van der Waals surface area contributed by atoms with Gasteiger partial charge in [-0.25, -0.2) is 8.42 Å². The molecule has 2 aromatic rings. The smallest absolute Gasteiger partial charge is 0.263 e. The third-order valence-electron chi connectivity index (χ3n) is 2.05. The Bertz CT molecular complexity index is 704. The number of rotatable bonds is 3. The number of nitriles is 1. The molecule has 0 saturated heterocycles. The van der Waals surface area contributed by atoms with Crippen molar-refractivity contribution in [2.24, 2.45) is 0 Å². The molecule has 1 aromatic carbocycles. The quantitative estimate of drug-likeness (QED) is 0.929. The molecule has 0 saturated carbocycles. The molecule has 0 unspecified atom stereocenters. The van der Waals surface area contributed by atoms with Crippen LogP contribution in [0.4, 0.5) is 5.82 Å². The summed E-state index contributed by atoms with van der Waals surface area (Å²) in [5.74, 6) is 0.0653. The first-order valence-electron chi connectivity index (χ1n) is 4.66. The van der Waals surface area contributed by atoms with E-state index >= 15 is 0 Å². The highest BCUT2D eigenvalue weighted by molar-refractivity contribution is 7.92. The summed E-state index contributed by atoms with van der Waals surface area (Å²) in [7, 11) is -3.80. The Morgan fingerprint density at radius 1 is 1.39 bits per heavy atom. The van der Waals surface area contributed by atoms with Crippen LogP contribution in [0.3, 0.4) is 0 Å². The van der Waals surface area contributed by atoms with E-state index < -0.39 is 10.0 Å². The molecule has 8 heteroatoms. The normalized spacial score (nSPS) is 10.9. The number of anilines is 1. The van der Waals surface area contributed by atoms with Crippen LogP contribution in [0.1, 0.15) is 5.56 Å². The maximum atomic E-state index is 11.9. The summed E-state index contributed by atoms with van der Waals surface area (Å²) in [4.78, 5) is -0.0606. The van der Waals surface area contributed by atoms with E-state index in [0.717, 1.165) is 0 Å². The van der Waals surface area contributed by atoms with Gasteiger partial charge < -0.3 is 4.52 Å². The van der Waals surface area contributed by atoms with Gasteiger partial charge in [-0.05, 0) is 18.2 Å². The Kier molecular flexibility index (Phi) is 3.23. The first-order chi connectivity index (χ1) is 8.53. The van der Waals surface area contributed by atoms with Crippen LogP contribution in [0.5, 0.6) is 0 Å². The molecule has 0 bridgehead atoms. The van der Waals surface area contributed by atoms with E-state index in [-0.39, 0.29) is 21.3 Å². The van der Waals surface area contributed by atoms with Crippen LogP contribution in [0, 0.1) is 11.3 Å². The number of hydrogen-bond donors (Lipinski definition) is 1. The Balaban J connectivity index is 2.36. The summed E-state index contributed by atoms with van der Waals surface area (Å²) in [6, 6.07) is 7.02. The predicted molar refractivity (Wildman–Crippen MR) is 63.5 cm³/mol. The average Bonchev–Trinajstić information content (AvgIpc) is 2.81. The number of halogens is 1. The molecule has 0 spiro atoms. The van der Waals surface area contributed by atoms with E-state index in [1.54, 1.807) is 0 Å². The van der Waals surface area contributed by atoms with Crippen LogP contribution < -0.4 is 4.72 Å². The molecule has 0 radical (unpaired) electrons. The Morgan fingerprint density at radius 2 is 2.17 bits per heavy atom. The predicted octanol–water partition coefficient (Wildman–Crippen LogP) is 2.00. The van der Waals surface area contributed by atoms with Gasteiger partial charge in [0.25, 0.3) is 10.0 Å². The fourth-order valence-electron chi connectivity index (χ4n) is 1.22. The van der Waals surface area contributed by atoms with Crippen LogP contribution in [0.15, 0.2) is 39.9 Å². The van der Waals surface area contributed by atoms with Crippen molar-refractivity contribution in [2.75, 3.05) is 4.72 Å². The lowest BCUT2D eigenvalue weighted by atomic mass is 10.2. The topological polar surface area (TPSA) is 96.0 Å². The number of sulfonamides is 1. The van der Waals surface area contributed by atoms with Gasteiger partial charge in [0.15, 0.2) is 5.82 Å². The molecule has 0 atom stereocenters. The number of benzene rings is 1. The fraction of sp³-hybridized carbons (Fsp3) is 0. The lowest BCUT2D eigenvalue weighted by Crippen LogP contribution is -2.13. The Labute approximate surface area is 108 Å². The van der Waals surface area contributed by atoms with Crippen molar-refractivity contribution in [3.05, 3.63) is 41.1 Å². The molecule has 92 valence electrons. The molecule has 1 N–H and O–H groups in total. The maximum Gasteiger partial charge on any atom is 0.263 e. The van der Waals surface area contributed by atoms with Crippen molar-refractivity contribution in [3.63, 3.8) is 0 Å². The number of nitrogens with one attached hydrogen (secondary N) is 1. The van der Waals surface area contributed by atoms with Gasteiger partial charge in [0.05, 0.1) is 15.5 Å². The van der Waals surface area contributed by atoms with Crippen molar-refractivity contribution in [1.29, 1.82) is 5.26 Å². The minimum Gasteiger partial charge on any atom is -0.363 e. The standard InChI is InChI=1S/C10H6ClN3O3S/c11-9-5-8(2-1-7(9)6-12)18(15,16)14-10-3-4-17-13-10/h1-5H,(H,13,14). The molecule has 6 nitrogen and oxygen atoms in total. The highest BCUT2D eigenvalue weighted by atomic mass is 35.5. The largest absolute Gasteiger partial charge is 0.363 e. The highest BCUT2D eigenvalue weighted by Crippen LogP contribution is 2.21. The average molecular weight is 284 g/mol. The molecule has 0 aliphatic carbocycles. The second-order valence-electron chi connectivity index (χ2n) is 3.24. The van der Waals surface area contributed by atoms with Gasteiger partial charge in [0.1, 0.15) is 12.3 Å². The van der Waals surface area contributed by atoms with Gasteiger partial charge in [-0.3, -0.25) is 4.72 Å². The molecule has 0 aliphatic rings. The van der Waals surface area contributed by atoms with Gasteiger partial charge in [-0.1, -0.05) is 16.8 Å². The number of nitrogens with zero attached hydrogens (tertiary/aromatic N) is 2. The number of hydrogen-bond acceptors (Lipinski definition) is 5. The Morgan fingerprint density at radius 3 is 2.72 bits per heavy atom. The van der Waals surface area contributed by atoms with E-state index in [2.05, 4.69) is 14.4 Å². The van der Waals surface area contributed by atoms with Gasteiger partial charge in [-0.15, -0.1) is 0 Å². The molecule has 2 rings (SSSR count). The zero-order chi connectivity index (χ0) is 13.2. The van der Waals surface area contributed by atoms with Crippen molar-refractivity contribution in [2.45, 2.75) is 4.90 Å². The zero-order valence-corrected chi connectivity index (χ0v) is 10.4. The van der Waals surface area contributed by atoms with Crippen molar-refractivity contribution in [1.82, 2.24) is 5.16 Å². The minimum absolute atomic E-state index is 0.0606. The lowest BCUT2D eigenvalue weighted by Gasteiger charge is -2.05. The summed E-state index contributed by atoms with van der Waals surface area (Å²) in [6.07, 6.45) is 1.24. The third-order valence-corrected chi connectivity index (χ3v) is 3.71. The molecule has 1 aromatic heterocycles. The number of aromatic nitrogens is 1. The molecule has 1 heterocycles. The second-order valence-corrected chi connectivity index (χ2v) is 5.33. The SMILES string of the molecule is N#Cc1ccc(S(=O)(=O)Nc2ccon2)cc1Cl. The van der Waals surface area contributed by atoms with E-state index in [9.17, 15) is 8.42 Å². The van der Waals surface area contributed by atoms with E-state index in [4.69, 9.17) is 16.9 Å². The van der Waals surface area contributed by atoms with Gasteiger partial charge in [-0.2, -0.15) is 5.26 Å². The molecule has 0 amide bonds. The van der Waals surface area contributed by atoms with E-state index in [1.807, 2.05) is 6.07 Å².